The van der Waals surface area contributed by atoms with E-state index in [1.807, 2.05) is 0 Å². The Kier molecular flexibility index (Phi) is 3.11. The summed E-state index contributed by atoms with van der Waals surface area (Å²) in [5.41, 5.74) is 0.958. The SMILES string of the molecule is Cc1nn(C)cc1Nc1ncnc(Cl)c1[N+](=O)[O-]. The number of hydrogen-bond donors (Lipinski definition) is 1. The molecule has 0 radical (unpaired) electrons. The van der Waals surface area contributed by atoms with Gasteiger partial charge in [0, 0.05) is 13.2 Å². The minimum absolute atomic E-state index is 0.0381. The number of halogens is 1. The van der Waals surface area contributed by atoms with E-state index in [-0.39, 0.29) is 16.7 Å². The van der Waals surface area contributed by atoms with E-state index in [1.54, 1.807) is 24.9 Å². The van der Waals surface area contributed by atoms with Gasteiger partial charge in [-0.05, 0) is 6.92 Å². The van der Waals surface area contributed by atoms with Gasteiger partial charge in [0.25, 0.3) is 0 Å². The van der Waals surface area contributed by atoms with Crippen molar-refractivity contribution < 1.29 is 4.92 Å². The number of nitro groups is 1. The number of nitrogens with zero attached hydrogens (tertiary/aromatic N) is 5. The first-order chi connectivity index (χ1) is 8.49. The lowest BCUT2D eigenvalue weighted by Crippen LogP contribution is -2.01. The highest BCUT2D eigenvalue weighted by Gasteiger charge is 2.22. The summed E-state index contributed by atoms with van der Waals surface area (Å²) in [5, 5.41) is 17.6. The lowest BCUT2D eigenvalue weighted by atomic mass is 10.4. The largest absolute Gasteiger partial charge is 0.348 e. The summed E-state index contributed by atoms with van der Waals surface area (Å²) in [6.45, 7) is 1.77. The minimum Gasteiger partial charge on any atom is -0.332 e. The Morgan fingerprint density at radius 3 is 2.78 bits per heavy atom. The van der Waals surface area contributed by atoms with Crippen LogP contribution in [0.5, 0.6) is 0 Å². The molecule has 0 aromatic carbocycles. The normalized spacial score (nSPS) is 10.4. The Bertz CT molecular complexity index is 611. The van der Waals surface area contributed by atoms with E-state index in [2.05, 4.69) is 20.4 Å². The van der Waals surface area contributed by atoms with E-state index < -0.39 is 4.92 Å². The Hall–Kier alpha value is -2.22. The number of anilines is 2. The molecule has 0 aliphatic rings. The van der Waals surface area contributed by atoms with E-state index in [1.165, 1.54) is 0 Å². The second-order valence-electron chi connectivity index (χ2n) is 3.55. The number of hydrogen-bond acceptors (Lipinski definition) is 6. The molecule has 0 aliphatic carbocycles. The molecule has 9 heteroatoms. The fraction of sp³-hybridized carbons (Fsp3) is 0.222. The van der Waals surface area contributed by atoms with Gasteiger partial charge in [-0.2, -0.15) is 5.10 Å². The van der Waals surface area contributed by atoms with E-state index >= 15 is 0 Å². The van der Waals surface area contributed by atoms with Crippen molar-refractivity contribution in [2.24, 2.45) is 7.05 Å². The van der Waals surface area contributed by atoms with E-state index in [0.717, 1.165) is 6.33 Å². The van der Waals surface area contributed by atoms with Crippen molar-refractivity contribution in [2.45, 2.75) is 6.92 Å². The van der Waals surface area contributed by atoms with E-state index in [9.17, 15) is 10.1 Å². The van der Waals surface area contributed by atoms with Crippen LogP contribution in [-0.4, -0.2) is 24.7 Å². The monoisotopic (exact) mass is 268 g/mol. The predicted molar refractivity (Wildman–Crippen MR) is 64.9 cm³/mol. The molecule has 2 rings (SSSR count). The van der Waals surface area contributed by atoms with Crippen LogP contribution in [0.4, 0.5) is 17.2 Å². The van der Waals surface area contributed by atoms with Gasteiger partial charge in [0.1, 0.15) is 6.33 Å². The average Bonchev–Trinajstić information content (AvgIpc) is 2.57. The first-order valence-electron chi connectivity index (χ1n) is 4.91. The van der Waals surface area contributed by atoms with Crippen molar-refractivity contribution in [1.82, 2.24) is 19.7 Å². The summed E-state index contributed by atoms with van der Waals surface area (Å²) in [7, 11) is 1.75. The van der Waals surface area contributed by atoms with Gasteiger partial charge in [-0.25, -0.2) is 9.97 Å². The van der Waals surface area contributed by atoms with Crippen LogP contribution in [0.15, 0.2) is 12.5 Å². The van der Waals surface area contributed by atoms with Gasteiger partial charge < -0.3 is 5.32 Å². The summed E-state index contributed by atoms with van der Waals surface area (Å²) in [6, 6.07) is 0. The maximum atomic E-state index is 10.9. The van der Waals surface area contributed by atoms with Crippen LogP contribution >= 0.6 is 11.6 Å². The maximum Gasteiger partial charge on any atom is 0.348 e. The molecule has 0 aliphatic heterocycles. The molecule has 0 fully saturated rings. The molecule has 0 spiro atoms. The number of rotatable bonds is 3. The molecular weight excluding hydrogens is 260 g/mol. The van der Waals surface area contributed by atoms with Crippen LogP contribution in [0.25, 0.3) is 0 Å². The van der Waals surface area contributed by atoms with Gasteiger partial charge in [-0.15, -0.1) is 0 Å². The molecule has 2 heterocycles. The molecule has 8 nitrogen and oxygen atoms in total. The molecular formula is C9H9ClN6O2. The highest BCUT2D eigenvalue weighted by Crippen LogP contribution is 2.31. The zero-order valence-corrected chi connectivity index (χ0v) is 10.3. The maximum absolute atomic E-state index is 10.9. The summed E-state index contributed by atoms with van der Waals surface area (Å²) in [5.74, 6) is 0.0381. The third kappa shape index (κ3) is 2.23. The number of aromatic nitrogens is 4. The van der Waals surface area contributed by atoms with Crippen molar-refractivity contribution in [3.63, 3.8) is 0 Å². The summed E-state index contributed by atoms with van der Waals surface area (Å²) in [4.78, 5) is 17.7. The Balaban J connectivity index is 2.43. The second-order valence-corrected chi connectivity index (χ2v) is 3.90. The van der Waals surface area contributed by atoms with Crippen LogP contribution in [0.2, 0.25) is 5.15 Å². The molecule has 18 heavy (non-hydrogen) atoms. The van der Waals surface area contributed by atoms with Crippen molar-refractivity contribution in [1.29, 1.82) is 0 Å². The Labute approximate surface area is 107 Å². The Morgan fingerprint density at radius 1 is 1.50 bits per heavy atom. The number of nitrogens with one attached hydrogen (secondary N) is 1. The molecule has 0 bridgehead atoms. The number of aryl methyl sites for hydroxylation is 2. The van der Waals surface area contributed by atoms with Gasteiger partial charge in [0.2, 0.25) is 11.0 Å². The summed E-state index contributed by atoms with van der Waals surface area (Å²) < 4.78 is 1.59. The van der Waals surface area contributed by atoms with Gasteiger partial charge in [-0.3, -0.25) is 14.8 Å². The smallest absolute Gasteiger partial charge is 0.332 e. The molecule has 0 saturated carbocycles. The lowest BCUT2D eigenvalue weighted by molar-refractivity contribution is -0.384. The van der Waals surface area contributed by atoms with Crippen LogP contribution in [0.1, 0.15) is 5.69 Å². The van der Waals surface area contributed by atoms with Gasteiger partial charge in [-0.1, -0.05) is 11.6 Å². The first kappa shape index (κ1) is 12.2. The molecule has 0 saturated heterocycles. The summed E-state index contributed by atoms with van der Waals surface area (Å²) in [6.07, 6.45) is 2.85. The Morgan fingerprint density at radius 2 is 2.22 bits per heavy atom. The average molecular weight is 269 g/mol. The van der Waals surface area contributed by atoms with Crippen molar-refractivity contribution in [3.05, 3.63) is 33.5 Å². The third-order valence-electron chi connectivity index (χ3n) is 2.23. The van der Waals surface area contributed by atoms with Gasteiger partial charge in [0.05, 0.1) is 16.3 Å². The van der Waals surface area contributed by atoms with Crippen molar-refractivity contribution >= 4 is 28.8 Å². The zero-order valence-electron chi connectivity index (χ0n) is 9.59. The van der Waals surface area contributed by atoms with Crippen LogP contribution in [-0.2, 0) is 7.05 Å². The highest BCUT2D eigenvalue weighted by atomic mass is 35.5. The minimum atomic E-state index is -0.629. The standard InChI is InChI=1S/C9H9ClN6O2/c1-5-6(3-15(2)14-5)13-9-7(16(17)18)8(10)11-4-12-9/h3-4H,1-2H3,(H,11,12,13). The van der Waals surface area contributed by atoms with E-state index in [0.29, 0.717) is 11.4 Å². The quantitative estimate of drug-likeness (QED) is 0.518. The van der Waals surface area contributed by atoms with Crippen LogP contribution < -0.4 is 5.32 Å². The topological polar surface area (TPSA) is 98.8 Å². The fourth-order valence-electron chi connectivity index (χ4n) is 1.46. The highest BCUT2D eigenvalue weighted by molar-refractivity contribution is 6.31. The molecule has 0 amide bonds. The molecule has 1 N–H and O–H groups in total. The van der Waals surface area contributed by atoms with E-state index in [4.69, 9.17) is 11.6 Å². The molecule has 0 atom stereocenters. The molecule has 94 valence electrons. The van der Waals surface area contributed by atoms with Crippen molar-refractivity contribution in [3.8, 4) is 0 Å². The second kappa shape index (κ2) is 4.57. The zero-order chi connectivity index (χ0) is 13.3. The molecule has 0 unspecified atom stereocenters. The first-order valence-corrected chi connectivity index (χ1v) is 5.29. The van der Waals surface area contributed by atoms with Gasteiger partial charge >= 0.3 is 5.69 Å². The van der Waals surface area contributed by atoms with Gasteiger partial charge in [0.15, 0.2) is 0 Å². The summed E-state index contributed by atoms with van der Waals surface area (Å²) >= 11 is 5.68. The lowest BCUT2D eigenvalue weighted by Gasteiger charge is -2.04. The third-order valence-corrected chi connectivity index (χ3v) is 2.50. The van der Waals surface area contributed by atoms with Crippen molar-refractivity contribution in [2.75, 3.05) is 5.32 Å². The molecule has 2 aromatic rings. The molecule has 2 aromatic heterocycles. The van der Waals surface area contributed by atoms with Crippen LogP contribution in [0, 0.1) is 17.0 Å². The predicted octanol–water partition coefficient (Wildman–Crippen LogP) is 1.82. The van der Waals surface area contributed by atoms with Crippen LogP contribution in [0.3, 0.4) is 0 Å². The fourth-order valence-corrected chi connectivity index (χ4v) is 1.66.